The van der Waals surface area contributed by atoms with Crippen molar-refractivity contribution in [3.63, 3.8) is 0 Å². The second-order valence-electron chi connectivity index (χ2n) is 7.32. The van der Waals surface area contributed by atoms with Crippen LogP contribution in [0.1, 0.15) is 79.0 Å². The molecule has 0 bridgehead atoms. The van der Waals surface area contributed by atoms with Gasteiger partial charge in [-0.05, 0) is 30.7 Å². The average Bonchev–Trinajstić information content (AvgIpc) is 2.98. The minimum Gasteiger partial charge on any atom is -0.470 e. The summed E-state index contributed by atoms with van der Waals surface area (Å²) in [6.07, 6.45) is 8.31. The second-order valence-corrected chi connectivity index (χ2v) is 7.32. The quantitative estimate of drug-likeness (QED) is 0.364. The van der Waals surface area contributed by atoms with Crippen LogP contribution < -0.4 is 4.74 Å². The van der Waals surface area contributed by atoms with Crippen molar-refractivity contribution in [2.45, 2.75) is 64.5 Å². The molecule has 2 aromatic carbocycles. The zero-order valence-corrected chi connectivity index (χ0v) is 16.6. The van der Waals surface area contributed by atoms with Gasteiger partial charge in [-0.1, -0.05) is 75.8 Å². The molecule has 0 spiro atoms. The normalized spacial score (nSPS) is 14.2. The summed E-state index contributed by atoms with van der Waals surface area (Å²) >= 11 is 0. The molecule has 0 aliphatic carbocycles. The van der Waals surface area contributed by atoms with E-state index in [-0.39, 0.29) is 11.8 Å². The Kier molecular flexibility index (Phi) is 7.24. The van der Waals surface area contributed by atoms with Crippen LogP contribution in [0.25, 0.3) is 0 Å². The van der Waals surface area contributed by atoms with Gasteiger partial charge in [-0.25, -0.2) is 4.90 Å². The van der Waals surface area contributed by atoms with Gasteiger partial charge in [0.15, 0.2) is 6.23 Å². The van der Waals surface area contributed by atoms with E-state index in [0.717, 1.165) is 12.8 Å². The van der Waals surface area contributed by atoms with Gasteiger partial charge in [0.1, 0.15) is 5.75 Å². The number of carbonyl (C=O) groups is 2. The lowest BCUT2D eigenvalue weighted by Crippen LogP contribution is -2.43. The molecule has 0 fully saturated rings. The van der Waals surface area contributed by atoms with Crippen molar-refractivity contribution in [3.05, 3.63) is 65.7 Å². The summed E-state index contributed by atoms with van der Waals surface area (Å²) in [6, 6.07) is 16.4. The number of fused-ring (bicyclic) bond motifs is 1. The van der Waals surface area contributed by atoms with Gasteiger partial charge in [-0.3, -0.25) is 9.59 Å². The van der Waals surface area contributed by atoms with E-state index >= 15 is 0 Å². The Hall–Kier alpha value is -2.62. The predicted molar refractivity (Wildman–Crippen MR) is 110 cm³/mol. The van der Waals surface area contributed by atoms with E-state index < -0.39 is 6.23 Å². The molecule has 148 valence electrons. The second kappa shape index (κ2) is 10.1. The Balaban J connectivity index is 1.66. The highest BCUT2D eigenvalue weighted by Crippen LogP contribution is 2.28. The number of para-hydroxylation sites is 1. The highest BCUT2D eigenvalue weighted by Gasteiger charge is 2.40. The standard InChI is InChI=1S/C24H29NO3/c1-2-3-4-5-6-7-11-18-22(28-19-14-9-8-10-15-19)25-23(26)20-16-12-13-17-21(20)24(25)27/h8-10,12-17,22H,2-7,11,18H2,1H3. The largest absolute Gasteiger partial charge is 0.470 e. The lowest BCUT2D eigenvalue weighted by molar-refractivity contribution is 0.0201. The molecule has 0 saturated heterocycles. The third-order valence-corrected chi connectivity index (χ3v) is 5.18. The Bertz CT molecular complexity index is 752. The first-order chi connectivity index (χ1) is 13.7. The molecule has 2 aromatic rings. The number of nitrogens with zero attached hydrogens (tertiary/aromatic N) is 1. The van der Waals surface area contributed by atoms with Gasteiger partial charge in [-0.15, -0.1) is 0 Å². The average molecular weight is 380 g/mol. The number of unbranched alkanes of at least 4 members (excludes halogenated alkanes) is 6. The molecule has 3 rings (SSSR count). The Morgan fingerprint density at radius 1 is 0.750 bits per heavy atom. The molecule has 4 heteroatoms. The summed E-state index contributed by atoms with van der Waals surface area (Å²) < 4.78 is 6.10. The first kappa shape index (κ1) is 20.1. The SMILES string of the molecule is CCCCCCCCCC(Oc1ccccc1)N1C(=O)c2ccccc2C1=O. The fourth-order valence-electron chi connectivity index (χ4n) is 3.64. The molecule has 1 unspecified atom stereocenters. The maximum Gasteiger partial charge on any atom is 0.264 e. The Morgan fingerprint density at radius 2 is 1.29 bits per heavy atom. The fraction of sp³-hybridized carbons (Fsp3) is 0.417. The third-order valence-electron chi connectivity index (χ3n) is 5.18. The van der Waals surface area contributed by atoms with E-state index in [4.69, 9.17) is 4.74 Å². The van der Waals surface area contributed by atoms with Crippen molar-refractivity contribution in [1.29, 1.82) is 0 Å². The van der Waals surface area contributed by atoms with Crippen LogP contribution in [0.15, 0.2) is 54.6 Å². The summed E-state index contributed by atoms with van der Waals surface area (Å²) in [5.74, 6) is 0.154. The predicted octanol–water partition coefficient (Wildman–Crippen LogP) is 5.83. The molecule has 1 atom stereocenters. The van der Waals surface area contributed by atoms with Crippen molar-refractivity contribution in [3.8, 4) is 5.75 Å². The number of ether oxygens (including phenoxy) is 1. The number of imide groups is 1. The van der Waals surface area contributed by atoms with Crippen LogP contribution >= 0.6 is 0 Å². The first-order valence-electron chi connectivity index (χ1n) is 10.4. The van der Waals surface area contributed by atoms with Crippen molar-refractivity contribution in [1.82, 2.24) is 4.90 Å². The number of rotatable bonds is 11. The number of amides is 2. The van der Waals surface area contributed by atoms with Crippen LogP contribution in [-0.4, -0.2) is 22.9 Å². The number of carbonyl (C=O) groups excluding carboxylic acids is 2. The highest BCUT2D eigenvalue weighted by molar-refractivity contribution is 6.21. The van der Waals surface area contributed by atoms with Gasteiger partial charge in [0.2, 0.25) is 0 Å². The van der Waals surface area contributed by atoms with Crippen molar-refractivity contribution >= 4 is 11.8 Å². The van der Waals surface area contributed by atoms with Gasteiger partial charge < -0.3 is 4.74 Å². The van der Waals surface area contributed by atoms with E-state index in [2.05, 4.69) is 6.92 Å². The number of benzene rings is 2. The van der Waals surface area contributed by atoms with E-state index in [9.17, 15) is 9.59 Å². The van der Waals surface area contributed by atoms with Gasteiger partial charge in [0.05, 0.1) is 11.1 Å². The summed E-state index contributed by atoms with van der Waals surface area (Å²) in [4.78, 5) is 27.0. The molecular formula is C24H29NO3. The van der Waals surface area contributed by atoms with Gasteiger partial charge in [-0.2, -0.15) is 0 Å². The maximum absolute atomic E-state index is 12.9. The number of hydrogen-bond acceptors (Lipinski definition) is 3. The molecule has 28 heavy (non-hydrogen) atoms. The molecule has 0 N–H and O–H groups in total. The summed E-state index contributed by atoms with van der Waals surface area (Å²) in [5.41, 5.74) is 0.933. The minimum absolute atomic E-state index is 0.260. The molecule has 2 amide bonds. The van der Waals surface area contributed by atoms with Crippen LogP contribution in [-0.2, 0) is 0 Å². The molecule has 1 aliphatic rings. The molecular weight excluding hydrogens is 350 g/mol. The van der Waals surface area contributed by atoms with Crippen molar-refractivity contribution in [2.75, 3.05) is 0 Å². The van der Waals surface area contributed by atoms with Crippen LogP contribution in [0.4, 0.5) is 0 Å². The highest BCUT2D eigenvalue weighted by atomic mass is 16.5. The smallest absolute Gasteiger partial charge is 0.264 e. The minimum atomic E-state index is -0.578. The lowest BCUT2D eigenvalue weighted by Gasteiger charge is -2.27. The van der Waals surface area contributed by atoms with E-state index in [0.29, 0.717) is 23.3 Å². The molecule has 1 aliphatic heterocycles. The van der Waals surface area contributed by atoms with E-state index in [1.165, 1.54) is 37.0 Å². The molecule has 4 nitrogen and oxygen atoms in total. The molecule has 1 heterocycles. The molecule has 0 aromatic heterocycles. The van der Waals surface area contributed by atoms with Gasteiger partial charge in [0.25, 0.3) is 11.8 Å². The number of hydrogen-bond donors (Lipinski definition) is 0. The van der Waals surface area contributed by atoms with Crippen LogP contribution in [0, 0.1) is 0 Å². The van der Waals surface area contributed by atoms with Crippen LogP contribution in [0.3, 0.4) is 0 Å². The van der Waals surface area contributed by atoms with E-state index in [1.807, 2.05) is 30.3 Å². The summed E-state index contributed by atoms with van der Waals surface area (Å²) in [6.45, 7) is 2.22. The maximum atomic E-state index is 12.9. The third kappa shape index (κ3) is 4.80. The fourth-order valence-corrected chi connectivity index (χ4v) is 3.64. The van der Waals surface area contributed by atoms with Crippen LogP contribution in [0.2, 0.25) is 0 Å². The van der Waals surface area contributed by atoms with Gasteiger partial charge in [0, 0.05) is 6.42 Å². The lowest BCUT2D eigenvalue weighted by atomic mass is 10.1. The zero-order valence-electron chi connectivity index (χ0n) is 16.6. The van der Waals surface area contributed by atoms with E-state index in [1.54, 1.807) is 24.3 Å². The first-order valence-corrected chi connectivity index (χ1v) is 10.4. The molecule has 0 saturated carbocycles. The topological polar surface area (TPSA) is 46.6 Å². The Morgan fingerprint density at radius 3 is 1.89 bits per heavy atom. The van der Waals surface area contributed by atoms with Crippen LogP contribution in [0.5, 0.6) is 5.75 Å². The summed E-state index contributed by atoms with van der Waals surface area (Å²) in [7, 11) is 0. The zero-order chi connectivity index (χ0) is 19.8. The van der Waals surface area contributed by atoms with Gasteiger partial charge >= 0.3 is 0 Å². The van der Waals surface area contributed by atoms with Crippen molar-refractivity contribution in [2.24, 2.45) is 0 Å². The summed E-state index contributed by atoms with van der Waals surface area (Å²) in [5, 5.41) is 0. The Labute approximate surface area is 167 Å². The molecule has 0 radical (unpaired) electrons. The van der Waals surface area contributed by atoms with Crippen molar-refractivity contribution < 1.29 is 14.3 Å². The monoisotopic (exact) mass is 379 g/mol.